The van der Waals surface area contributed by atoms with Crippen LogP contribution in [0.1, 0.15) is 5.56 Å². The largest absolute Gasteiger partial charge is 0.395 e. The Kier molecular flexibility index (Phi) is 7.40. The quantitative estimate of drug-likeness (QED) is 0.415. The maximum absolute atomic E-state index is 11.9. The monoisotopic (exact) mass is 457 g/mol. The third-order valence-electron chi connectivity index (χ3n) is 5.20. The fraction of sp³-hybridized carbons (Fsp3) is 0.429. The summed E-state index contributed by atoms with van der Waals surface area (Å²) in [6.07, 6.45) is 1.49. The molecular weight excluding hydrogens is 430 g/mol. The summed E-state index contributed by atoms with van der Waals surface area (Å²) >= 11 is 0. The Morgan fingerprint density at radius 3 is 2.53 bits per heavy atom. The molecule has 1 saturated heterocycles. The molecule has 3 aromatic rings. The van der Waals surface area contributed by atoms with Crippen LogP contribution in [0.4, 0.5) is 17.6 Å². The number of nitrogens with zero attached hydrogens (tertiary/aromatic N) is 6. The predicted octanol–water partition coefficient (Wildman–Crippen LogP) is 0.392. The maximum Gasteiger partial charge on any atom is 0.225 e. The topological polar surface area (TPSA) is 128 Å². The van der Waals surface area contributed by atoms with Crippen molar-refractivity contribution in [2.24, 2.45) is 0 Å². The number of hydrogen-bond acceptors (Lipinski definition) is 10. The Labute approximate surface area is 188 Å². The lowest BCUT2D eigenvalue weighted by molar-refractivity contribution is 0.301. The number of aliphatic hydroxyl groups excluding tert-OH is 2. The van der Waals surface area contributed by atoms with Crippen molar-refractivity contribution in [3.8, 4) is 0 Å². The second kappa shape index (κ2) is 10.6. The minimum Gasteiger partial charge on any atom is -0.395 e. The molecule has 0 spiro atoms. The molecule has 170 valence electrons. The fourth-order valence-corrected chi connectivity index (χ4v) is 4.71. The number of benzene rings is 1. The molecule has 0 saturated carbocycles. The molecule has 0 unspecified atom stereocenters. The van der Waals surface area contributed by atoms with E-state index in [1.54, 1.807) is 0 Å². The minimum absolute atomic E-state index is 0.0379. The van der Waals surface area contributed by atoms with Crippen molar-refractivity contribution in [2.45, 2.75) is 6.54 Å². The zero-order valence-electron chi connectivity index (χ0n) is 17.7. The molecule has 1 fully saturated rings. The summed E-state index contributed by atoms with van der Waals surface area (Å²) in [7, 11) is -0.818. The second-order valence-corrected chi connectivity index (χ2v) is 9.08. The molecule has 0 bridgehead atoms. The van der Waals surface area contributed by atoms with Crippen molar-refractivity contribution < 1.29 is 14.4 Å². The van der Waals surface area contributed by atoms with E-state index in [2.05, 4.69) is 30.2 Å². The molecule has 11 heteroatoms. The summed E-state index contributed by atoms with van der Waals surface area (Å²) in [5.74, 6) is 2.78. The zero-order chi connectivity index (χ0) is 22.3. The van der Waals surface area contributed by atoms with E-state index in [1.807, 2.05) is 35.2 Å². The number of rotatable bonds is 9. The molecule has 3 N–H and O–H groups in total. The van der Waals surface area contributed by atoms with Gasteiger partial charge in [-0.1, -0.05) is 30.3 Å². The normalized spacial score (nSPS) is 14.6. The molecule has 0 amide bonds. The van der Waals surface area contributed by atoms with E-state index in [1.165, 1.54) is 6.33 Å². The molecule has 0 aliphatic carbocycles. The van der Waals surface area contributed by atoms with Crippen LogP contribution < -0.4 is 15.1 Å². The summed E-state index contributed by atoms with van der Waals surface area (Å²) in [6, 6.07) is 9.96. The van der Waals surface area contributed by atoms with Crippen LogP contribution in [-0.4, -0.2) is 85.3 Å². The van der Waals surface area contributed by atoms with Gasteiger partial charge in [0.15, 0.2) is 11.6 Å². The van der Waals surface area contributed by atoms with Crippen molar-refractivity contribution in [3.05, 3.63) is 42.2 Å². The van der Waals surface area contributed by atoms with Crippen molar-refractivity contribution in [1.29, 1.82) is 0 Å². The van der Waals surface area contributed by atoms with Gasteiger partial charge in [0.2, 0.25) is 5.95 Å². The van der Waals surface area contributed by atoms with Crippen molar-refractivity contribution >= 4 is 39.4 Å². The fourth-order valence-electron chi connectivity index (χ4n) is 3.65. The van der Waals surface area contributed by atoms with Gasteiger partial charge in [0.1, 0.15) is 17.4 Å². The lowest BCUT2D eigenvalue weighted by Gasteiger charge is -2.29. The molecule has 2 aromatic heterocycles. The van der Waals surface area contributed by atoms with Gasteiger partial charge in [-0.3, -0.25) is 4.21 Å². The highest BCUT2D eigenvalue weighted by molar-refractivity contribution is 7.85. The van der Waals surface area contributed by atoms with Crippen LogP contribution in [0.15, 0.2) is 36.7 Å². The molecule has 0 atom stereocenters. The van der Waals surface area contributed by atoms with Crippen LogP contribution in [-0.2, 0) is 17.3 Å². The summed E-state index contributed by atoms with van der Waals surface area (Å²) in [4.78, 5) is 22.3. The van der Waals surface area contributed by atoms with Crippen LogP contribution in [0.25, 0.3) is 11.0 Å². The van der Waals surface area contributed by atoms with Gasteiger partial charge < -0.3 is 25.3 Å². The number of nitrogens with one attached hydrogen (secondary N) is 1. The molecule has 1 aromatic carbocycles. The first-order valence-electron chi connectivity index (χ1n) is 10.6. The third kappa shape index (κ3) is 5.12. The highest BCUT2D eigenvalue weighted by Crippen LogP contribution is 2.30. The van der Waals surface area contributed by atoms with Gasteiger partial charge in [-0.2, -0.15) is 4.98 Å². The number of fused-ring (bicyclic) bond motifs is 1. The van der Waals surface area contributed by atoms with Crippen LogP contribution in [0.2, 0.25) is 0 Å². The predicted molar refractivity (Wildman–Crippen MR) is 125 cm³/mol. The Hall–Kier alpha value is -2.89. The molecule has 10 nitrogen and oxygen atoms in total. The summed E-state index contributed by atoms with van der Waals surface area (Å²) < 4.78 is 11.9. The van der Waals surface area contributed by atoms with Crippen LogP contribution in [0.3, 0.4) is 0 Å². The molecule has 1 aliphatic rings. The third-order valence-corrected chi connectivity index (χ3v) is 6.48. The highest BCUT2D eigenvalue weighted by Gasteiger charge is 2.24. The molecule has 0 radical (unpaired) electrons. The van der Waals surface area contributed by atoms with Crippen molar-refractivity contribution in [1.82, 2.24) is 19.9 Å². The van der Waals surface area contributed by atoms with E-state index in [-0.39, 0.29) is 13.2 Å². The van der Waals surface area contributed by atoms with Gasteiger partial charge in [0.25, 0.3) is 0 Å². The zero-order valence-corrected chi connectivity index (χ0v) is 18.5. The van der Waals surface area contributed by atoms with E-state index < -0.39 is 10.8 Å². The Morgan fingerprint density at radius 2 is 1.81 bits per heavy atom. The molecule has 1 aliphatic heterocycles. The average molecular weight is 458 g/mol. The standard InChI is InChI=1S/C21H27N7O3S/c29-10-6-22-21-25-18-17(20(26-21)27-8-12-32(31)13-9-27)23-15-24-19(18)28(7-11-30)14-16-4-2-1-3-5-16/h1-5,15,29-30H,6-14H2,(H,22,25,26). The van der Waals surface area contributed by atoms with Gasteiger partial charge in [0.05, 0.1) is 13.2 Å². The van der Waals surface area contributed by atoms with Crippen molar-refractivity contribution in [2.75, 3.05) is 66.0 Å². The number of aliphatic hydroxyl groups is 2. The molecule has 4 rings (SSSR count). The SMILES string of the molecule is O=S1CCN(c2nc(NCCO)nc3c(N(CCO)Cc4ccccc4)ncnc23)CC1. The number of hydrogen-bond donors (Lipinski definition) is 3. The average Bonchev–Trinajstić information content (AvgIpc) is 2.83. The molecule has 3 heterocycles. The summed E-state index contributed by atoms with van der Waals surface area (Å²) in [5.41, 5.74) is 2.25. The van der Waals surface area contributed by atoms with E-state index in [0.717, 1.165) is 5.56 Å². The number of aromatic nitrogens is 4. The minimum atomic E-state index is -0.818. The van der Waals surface area contributed by atoms with Crippen LogP contribution in [0, 0.1) is 0 Å². The van der Waals surface area contributed by atoms with E-state index in [9.17, 15) is 14.4 Å². The first-order valence-corrected chi connectivity index (χ1v) is 12.1. The summed E-state index contributed by atoms with van der Waals surface area (Å²) in [6.45, 7) is 2.37. The van der Waals surface area contributed by atoms with Gasteiger partial charge in [-0.15, -0.1) is 0 Å². The van der Waals surface area contributed by atoms with E-state index in [4.69, 9.17) is 0 Å². The molecular formula is C21H27N7O3S. The Bertz CT molecular complexity index is 1060. The second-order valence-electron chi connectivity index (χ2n) is 7.38. The lowest BCUT2D eigenvalue weighted by Crippen LogP contribution is -2.38. The maximum atomic E-state index is 11.9. The Morgan fingerprint density at radius 1 is 1.03 bits per heavy atom. The van der Waals surface area contributed by atoms with Gasteiger partial charge in [-0.05, 0) is 5.56 Å². The molecule has 32 heavy (non-hydrogen) atoms. The first-order chi connectivity index (χ1) is 15.7. The smallest absolute Gasteiger partial charge is 0.225 e. The Balaban J connectivity index is 1.79. The van der Waals surface area contributed by atoms with Gasteiger partial charge in [0, 0.05) is 55.0 Å². The lowest BCUT2D eigenvalue weighted by atomic mass is 10.2. The van der Waals surface area contributed by atoms with Gasteiger partial charge in [-0.25, -0.2) is 15.0 Å². The van der Waals surface area contributed by atoms with E-state index >= 15 is 0 Å². The van der Waals surface area contributed by atoms with Crippen LogP contribution in [0.5, 0.6) is 0 Å². The van der Waals surface area contributed by atoms with E-state index in [0.29, 0.717) is 72.8 Å². The van der Waals surface area contributed by atoms with Gasteiger partial charge >= 0.3 is 0 Å². The highest BCUT2D eigenvalue weighted by atomic mass is 32.2. The summed E-state index contributed by atoms with van der Waals surface area (Å²) in [5, 5.41) is 22.0. The van der Waals surface area contributed by atoms with Crippen LogP contribution >= 0.6 is 0 Å². The first kappa shape index (κ1) is 22.3. The number of anilines is 3. The van der Waals surface area contributed by atoms with Crippen molar-refractivity contribution in [3.63, 3.8) is 0 Å².